The lowest BCUT2D eigenvalue weighted by atomic mass is 9.89. The Kier molecular flexibility index (Phi) is 4.66. The van der Waals surface area contributed by atoms with Gasteiger partial charge in [0.15, 0.2) is 0 Å². The van der Waals surface area contributed by atoms with Crippen LogP contribution >= 0.6 is 0 Å². The summed E-state index contributed by atoms with van der Waals surface area (Å²) >= 11 is 0. The third-order valence-electron chi connectivity index (χ3n) is 10.5. The van der Waals surface area contributed by atoms with Gasteiger partial charge in [-0.15, -0.1) is 0 Å². The first-order valence-electron chi connectivity index (χ1n) is 16.1. The highest BCUT2D eigenvalue weighted by Gasteiger charge is 2.14. The van der Waals surface area contributed by atoms with Crippen molar-refractivity contribution in [1.29, 1.82) is 0 Å². The Labute approximate surface area is 265 Å². The zero-order chi connectivity index (χ0) is 29.9. The molecule has 11 rings (SSSR count). The molecule has 0 aliphatic carbocycles. The maximum absolute atomic E-state index is 2.37. The summed E-state index contributed by atoms with van der Waals surface area (Å²) in [7, 11) is 0. The summed E-state index contributed by atoms with van der Waals surface area (Å²) in [4.78, 5) is 0. The molecule has 0 N–H and O–H groups in total. The standard InChI is InChI=1S/C46H26/c1-3-27-9-13-36-25-38(26-37-14-10-28(4-1)43(27)45(36)37)32-17-20-39-33(23-32)11-12-34-24-35(18-21-40(34)39)41-19-15-31-8-7-29-5-2-6-30-16-22-42(41)46(31)44(29)30/h1-26H. The average molecular weight is 579 g/mol. The smallest absolute Gasteiger partial charge is 0.00206 e. The molecule has 0 saturated heterocycles. The van der Waals surface area contributed by atoms with Crippen LogP contribution in [0.4, 0.5) is 0 Å². The molecule has 11 aromatic rings. The molecule has 0 bridgehead atoms. The van der Waals surface area contributed by atoms with Crippen LogP contribution in [0.25, 0.3) is 108 Å². The second-order valence-electron chi connectivity index (χ2n) is 12.9. The van der Waals surface area contributed by atoms with E-state index in [1.54, 1.807) is 0 Å². The molecule has 11 aromatic carbocycles. The predicted octanol–water partition coefficient (Wildman–Crippen LogP) is 13.1. The largest absolute Gasteiger partial charge is 0.0610 e. The molecule has 0 amide bonds. The predicted molar refractivity (Wildman–Crippen MR) is 200 cm³/mol. The number of fused-ring (bicyclic) bond motifs is 3. The highest BCUT2D eigenvalue weighted by Crippen LogP contribution is 2.41. The van der Waals surface area contributed by atoms with Gasteiger partial charge in [0.25, 0.3) is 0 Å². The lowest BCUT2D eigenvalue weighted by molar-refractivity contribution is 1.69. The minimum absolute atomic E-state index is 1.25. The fourth-order valence-electron chi connectivity index (χ4n) is 8.33. The zero-order valence-electron chi connectivity index (χ0n) is 25.0. The molecular formula is C46H26. The van der Waals surface area contributed by atoms with Crippen LogP contribution in [0.5, 0.6) is 0 Å². The van der Waals surface area contributed by atoms with E-state index in [1.807, 2.05) is 0 Å². The molecule has 0 fully saturated rings. The zero-order valence-corrected chi connectivity index (χ0v) is 25.0. The first-order valence-corrected chi connectivity index (χ1v) is 16.1. The molecule has 0 radical (unpaired) electrons. The fourth-order valence-corrected chi connectivity index (χ4v) is 8.33. The van der Waals surface area contributed by atoms with E-state index in [9.17, 15) is 0 Å². The van der Waals surface area contributed by atoms with E-state index in [4.69, 9.17) is 0 Å². The van der Waals surface area contributed by atoms with E-state index in [2.05, 4.69) is 158 Å². The summed E-state index contributed by atoms with van der Waals surface area (Å²) in [6.07, 6.45) is 0. The molecular weight excluding hydrogens is 553 g/mol. The van der Waals surface area contributed by atoms with E-state index in [0.717, 1.165) is 0 Å². The lowest BCUT2D eigenvalue weighted by Gasteiger charge is -2.15. The Balaban J connectivity index is 1.05. The third kappa shape index (κ3) is 3.28. The van der Waals surface area contributed by atoms with Crippen molar-refractivity contribution < 1.29 is 0 Å². The maximum Gasteiger partial charge on any atom is -0.00206 e. The normalized spacial score (nSPS) is 12.3. The van der Waals surface area contributed by atoms with Crippen LogP contribution in [-0.2, 0) is 0 Å². The quantitative estimate of drug-likeness (QED) is 0.179. The molecule has 0 nitrogen and oxygen atoms in total. The average Bonchev–Trinajstić information content (AvgIpc) is 3.12. The van der Waals surface area contributed by atoms with Gasteiger partial charge in [0.1, 0.15) is 0 Å². The first kappa shape index (κ1) is 24.4. The van der Waals surface area contributed by atoms with Crippen molar-refractivity contribution in [1.82, 2.24) is 0 Å². The summed E-state index contributed by atoms with van der Waals surface area (Å²) in [5.41, 5.74) is 5.06. The summed E-state index contributed by atoms with van der Waals surface area (Å²) in [6.45, 7) is 0. The van der Waals surface area contributed by atoms with E-state index in [1.165, 1.54) is 108 Å². The monoisotopic (exact) mass is 578 g/mol. The number of rotatable bonds is 2. The Morgan fingerprint density at radius 3 is 1.24 bits per heavy atom. The van der Waals surface area contributed by atoms with Gasteiger partial charge in [-0.2, -0.15) is 0 Å². The van der Waals surface area contributed by atoms with E-state index in [0.29, 0.717) is 0 Å². The van der Waals surface area contributed by atoms with E-state index < -0.39 is 0 Å². The molecule has 0 aliphatic heterocycles. The molecule has 0 atom stereocenters. The van der Waals surface area contributed by atoms with Crippen molar-refractivity contribution in [2.75, 3.05) is 0 Å². The second kappa shape index (κ2) is 8.81. The number of hydrogen-bond acceptors (Lipinski definition) is 0. The van der Waals surface area contributed by atoms with Gasteiger partial charge in [-0.1, -0.05) is 133 Å². The molecule has 0 heterocycles. The summed E-state index contributed by atoms with van der Waals surface area (Å²) in [5.74, 6) is 0. The molecule has 0 saturated carbocycles. The Bertz CT molecular complexity index is 2940. The lowest BCUT2D eigenvalue weighted by Crippen LogP contribution is -1.88. The molecule has 0 heteroatoms. The highest BCUT2D eigenvalue weighted by atomic mass is 14.2. The van der Waals surface area contributed by atoms with Crippen LogP contribution in [0.2, 0.25) is 0 Å². The van der Waals surface area contributed by atoms with E-state index >= 15 is 0 Å². The molecule has 46 heavy (non-hydrogen) atoms. The van der Waals surface area contributed by atoms with Crippen LogP contribution in [0.3, 0.4) is 0 Å². The van der Waals surface area contributed by atoms with Crippen LogP contribution in [-0.4, -0.2) is 0 Å². The van der Waals surface area contributed by atoms with Crippen molar-refractivity contribution in [2.24, 2.45) is 0 Å². The molecule has 210 valence electrons. The van der Waals surface area contributed by atoms with Crippen molar-refractivity contribution in [3.05, 3.63) is 158 Å². The highest BCUT2D eigenvalue weighted by molar-refractivity contribution is 6.26. The van der Waals surface area contributed by atoms with Gasteiger partial charge in [0.05, 0.1) is 0 Å². The van der Waals surface area contributed by atoms with Crippen LogP contribution in [0.1, 0.15) is 0 Å². The summed E-state index contributed by atoms with van der Waals surface area (Å²) < 4.78 is 0. The van der Waals surface area contributed by atoms with Gasteiger partial charge in [-0.05, 0) is 133 Å². The number of benzene rings is 11. The van der Waals surface area contributed by atoms with Gasteiger partial charge in [0.2, 0.25) is 0 Å². The summed E-state index contributed by atoms with van der Waals surface area (Å²) in [6, 6.07) is 59.2. The Hall–Kier alpha value is -5.98. The number of hydrogen-bond donors (Lipinski definition) is 0. The second-order valence-corrected chi connectivity index (χ2v) is 12.9. The van der Waals surface area contributed by atoms with Crippen LogP contribution < -0.4 is 0 Å². The van der Waals surface area contributed by atoms with E-state index in [-0.39, 0.29) is 0 Å². The van der Waals surface area contributed by atoms with Crippen molar-refractivity contribution in [3.8, 4) is 22.3 Å². The minimum atomic E-state index is 1.25. The van der Waals surface area contributed by atoms with Crippen LogP contribution in [0, 0.1) is 0 Å². The third-order valence-corrected chi connectivity index (χ3v) is 10.5. The first-order chi connectivity index (χ1) is 22.8. The topological polar surface area (TPSA) is 0 Å². The minimum Gasteiger partial charge on any atom is -0.0610 e. The fraction of sp³-hybridized carbons (Fsp3) is 0. The molecule has 0 aromatic heterocycles. The summed E-state index contributed by atoms with van der Waals surface area (Å²) in [5, 5.41) is 21.0. The van der Waals surface area contributed by atoms with Gasteiger partial charge in [-0.25, -0.2) is 0 Å². The molecule has 0 unspecified atom stereocenters. The van der Waals surface area contributed by atoms with Crippen molar-refractivity contribution in [3.63, 3.8) is 0 Å². The van der Waals surface area contributed by atoms with Gasteiger partial charge >= 0.3 is 0 Å². The van der Waals surface area contributed by atoms with Gasteiger partial charge in [0, 0.05) is 0 Å². The van der Waals surface area contributed by atoms with Crippen molar-refractivity contribution in [2.45, 2.75) is 0 Å². The maximum atomic E-state index is 2.37. The SMILES string of the molecule is c1cc2ccc3cc(-c4ccc5c(ccc6cc(-c7ccc8ccc9cccc%10ccc7c8c9%10)ccc65)c4)cc4ccc(c1)c2c34. The van der Waals surface area contributed by atoms with Crippen molar-refractivity contribution >= 4 is 86.2 Å². The molecule has 0 spiro atoms. The Morgan fingerprint density at radius 2 is 0.609 bits per heavy atom. The Morgan fingerprint density at radius 1 is 0.217 bits per heavy atom. The van der Waals surface area contributed by atoms with Gasteiger partial charge in [-0.3, -0.25) is 0 Å². The van der Waals surface area contributed by atoms with Crippen LogP contribution in [0.15, 0.2) is 158 Å². The molecule has 0 aliphatic rings. The van der Waals surface area contributed by atoms with Gasteiger partial charge < -0.3 is 0 Å².